The van der Waals surface area contributed by atoms with E-state index in [4.69, 9.17) is 0 Å². The Labute approximate surface area is 158 Å². The molecule has 1 atom stereocenters. The largest absolute Gasteiger partial charge is 0.434 e. The molecule has 7 nitrogen and oxygen atoms in total. The number of nitrogens with zero attached hydrogens (tertiary/aromatic N) is 6. The number of hydrogen-bond acceptors (Lipinski definition) is 6. The van der Waals surface area contributed by atoms with Crippen LogP contribution in [0, 0.1) is 5.92 Å². The third-order valence-electron chi connectivity index (χ3n) is 4.83. The minimum atomic E-state index is -4.56. The zero-order valence-electron chi connectivity index (χ0n) is 14.8. The zero-order valence-corrected chi connectivity index (χ0v) is 14.8. The number of anilines is 1. The first-order valence-electron chi connectivity index (χ1n) is 8.88. The van der Waals surface area contributed by atoms with Crippen molar-refractivity contribution in [1.29, 1.82) is 0 Å². The van der Waals surface area contributed by atoms with Gasteiger partial charge in [0.1, 0.15) is 17.8 Å². The van der Waals surface area contributed by atoms with Crippen LogP contribution in [0.25, 0.3) is 17.2 Å². The number of aldehydes is 1. The predicted molar refractivity (Wildman–Crippen MR) is 94.6 cm³/mol. The van der Waals surface area contributed by atoms with Gasteiger partial charge < -0.3 is 9.69 Å². The Bertz CT molecular complexity index is 1000. The summed E-state index contributed by atoms with van der Waals surface area (Å²) in [5.41, 5.74) is -0.379. The van der Waals surface area contributed by atoms with Crippen LogP contribution in [-0.2, 0) is 11.0 Å². The van der Waals surface area contributed by atoms with E-state index in [9.17, 15) is 18.0 Å². The van der Waals surface area contributed by atoms with Gasteiger partial charge in [-0.15, -0.1) is 0 Å². The Morgan fingerprint density at radius 3 is 2.86 bits per heavy atom. The van der Waals surface area contributed by atoms with Crippen molar-refractivity contribution in [2.24, 2.45) is 5.92 Å². The molecule has 1 saturated heterocycles. The predicted octanol–water partition coefficient (Wildman–Crippen LogP) is 3.01. The van der Waals surface area contributed by atoms with E-state index in [1.165, 1.54) is 10.6 Å². The second-order valence-electron chi connectivity index (χ2n) is 6.74. The van der Waals surface area contributed by atoms with E-state index in [1.807, 2.05) is 0 Å². The van der Waals surface area contributed by atoms with E-state index in [0.29, 0.717) is 24.5 Å². The summed E-state index contributed by atoms with van der Waals surface area (Å²) in [5, 5.41) is 0. The third kappa shape index (κ3) is 3.54. The summed E-state index contributed by atoms with van der Waals surface area (Å²) in [6.07, 6.45) is 3.81. The lowest BCUT2D eigenvalue weighted by atomic mass is 9.95. The summed E-state index contributed by atoms with van der Waals surface area (Å²) in [6.45, 7) is 1.52. The highest BCUT2D eigenvalue weighted by Gasteiger charge is 2.33. The van der Waals surface area contributed by atoms with Gasteiger partial charge in [0.15, 0.2) is 17.2 Å². The molecule has 0 aromatic carbocycles. The standard InChI is InChI=1S/C18H17F3N6O/c19-18(20,21)14-11-27-13(8-24-16(27)9-23-14)17-22-5-3-15(25-17)26-6-1-2-12(10-26)4-7-28/h3,5,7-9,11-12H,1-2,4,6,10H2. The number of halogens is 3. The number of hydrogen-bond donors (Lipinski definition) is 0. The third-order valence-corrected chi connectivity index (χ3v) is 4.83. The molecule has 1 aliphatic heterocycles. The molecule has 146 valence electrons. The molecular formula is C18H17F3N6O. The minimum Gasteiger partial charge on any atom is -0.356 e. The molecule has 0 N–H and O–H groups in total. The molecule has 3 aromatic heterocycles. The highest BCUT2D eigenvalue weighted by molar-refractivity contribution is 5.58. The highest BCUT2D eigenvalue weighted by atomic mass is 19.4. The summed E-state index contributed by atoms with van der Waals surface area (Å²) in [4.78, 5) is 29.2. The molecule has 1 fully saturated rings. The second-order valence-corrected chi connectivity index (χ2v) is 6.74. The maximum Gasteiger partial charge on any atom is 0.434 e. The number of alkyl halides is 3. The van der Waals surface area contributed by atoms with Gasteiger partial charge in [0.2, 0.25) is 0 Å². The van der Waals surface area contributed by atoms with Crippen molar-refractivity contribution in [2.75, 3.05) is 18.0 Å². The van der Waals surface area contributed by atoms with Crippen LogP contribution in [0.1, 0.15) is 25.0 Å². The van der Waals surface area contributed by atoms with Gasteiger partial charge in [-0.3, -0.25) is 4.40 Å². The fraction of sp³-hybridized carbons (Fsp3) is 0.389. The fourth-order valence-corrected chi connectivity index (χ4v) is 3.45. The van der Waals surface area contributed by atoms with Crippen molar-refractivity contribution in [3.63, 3.8) is 0 Å². The van der Waals surface area contributed by atoms with Crippen LogP contribution in [0.5, 0.6) is 0 Å². The molecule has 0 bridgehead atoms. The smallest absolute Gasteiger partial charge is 0.356 e. The Hall–Kier alpha value is -3.04. The van der Waals surface area contributed by atoms with Crippen LogP contribution < -0.4 is 4.90 Å². The number of aromatic nitrogens is 5. The number of imidazole rings is 1. The number of carbonyl (C=O) groups excluding carboxylic acids is 1. The maximum atomic E-state index is 13.0. The Kier molecular flexibility index (Phi) is 4.70. The summed E-state index contributed by atoms with van der Waals surface area (Å²) in [7, 11) is 0. The molecule has 10 heteroatoms. The quantitative estimate of drug-likeness (QED) is 0.638. The fourth-order valence-electron chi connectivity index (χ4n) is 3.45. The first-order valence-corrected chi connectivity index (χ1v) is 8.88. The van der Waals surface area contributed by atoms with Crippen molar-refractivity contribution in [1.82, 2.24) is 24.3 Å². The van der Waals surface area contributed by atoms with E-state index in [1.54, 1.807) is 12.3 Å². The Balaban J connectivity index is 1.69. The first-order chi connectivity index (χ1) is 13.5. The average Bonchev–Trinajstić information content (AvgIpc) is 3.11. The summed E-state index contributed by atoms with van der Waals surface area (Å²) in [6, 6.07) is 1.76. The van der Waals surface area contributed by atoms with E-state index in [0.717, 1.165) is 38.1 Å². The van der Waals surface area contributed by atoms with E-state index in [-0.39, 0.29) is 17.4 Å². The van der Waals surface area contributed by atoms with Gasteiger partial charge in [-0.1, -0.05) is 0 Å². The Morgan fingerprint density at radius 1 is 1.21 bits per heavy atom. The average molecular weight is 390 g/mol. The minimum absolute atomic E-state index is 0.279. The number of carbonyl (C=O) groups is 1. The molecule has 0 amide bonds. The molecule has 1 aliphatic rings. The second kappa shape index (κ2) is 7.17. The molecule has 3 aromatic rings. The van der Waals surface area contributed by atoms with E-state index in [2.05, 4.69) is 24.8 Å². The maximum absolute atomic E-state index is 13.0. The van der Waals surface area contributed by atoms with Crippen LogP contribution in [-0.4, -0.2) is 43.7 Å². The summed E-state index contributed by atoms with van der Waals surface area (Å²) < 4.78 is 40.3. The van der Waals surface area contributed by atoms with Gasteiger partial charge in [0.25, 0.3) is 0 Å². The van der Waals surface area contributed by atoms with Gasteiger partial charge in [0.05, 0.1) is 12.4 Å². The van der Waals surface area contributed by atoms with Crippen LogP contribution in [0.2, 0.25) is 0 Å². The van der Waals surface area contributed by atoms with Crippen LogP contribution in [0.3, 0.4) is 0 Å². The number of rotatable bonds is 4. The molecule has 0 aliphatic carbocycles. The van der Waals surface area contributed by atoms with Crippen molar-refractivity contribution in [2.45, 2.75) is 25.4 Å². The molecule has 0 radical (unpaired) electrons. The molecule has 4 rings (SSSR count). The van der Waals surface area contributed by atoms with Gasteiger partial charge in [-0.2, -0.15) is 13.2 Å². The van der Waals surface area contributed by atoms with Gasteiger partial charge in [-0.25, -0.2) is 19.9 Å². The zero-order chi connectivity index (χ0) is 19.7. The lowest BCUT2D eigenvalue weighted by Crippen LogP contribution is -2.36. The first kappa shape index (κ1) is 18.3. The van der Waals surface area contributed by atoms with Gasteiger partial charge in [0, 0.05) is 31.9 Å². The molecule has 0 spiro atoms. The highest BCUT2D eigenvalue weighted by Crippen LogP contribution is 2.29. The number of piperidine rings is 1. The Morgan fingerprint density at radius 2 is 2.07 bits per heavy atom. The van der Waals surface area contributed by atoms with Crippen molar-refractivity contribution >= 4 is 17.8 Å². The van der Waals surface area contributed by atoms with Crippen LogP contribution in [0.4, 0.5) is 19.0 Å². The summed E-state index contributed by atoms with van der Waals surface area (Å²) >= 11 is 0. The van der Waals surface area contributed by atoms with Crippen molar-refractivity contribution < 1.29 is 18.0 Å². The lowest BCUT2D eigenvalue weighted by molar-refractivity contribution is -0.141. The lowest BCUT2D eigenvalue weighted by Gasteiger charge is -2.32. The SMILES string of the molecule is O=CCC1CCCN(c2ccnc(-c3cnc4cnc(C(F)(F)F)cn34)n2)C1. The molecule has 1 unspecified atom stereocenters. The van der Waals surface area contributed by atoms with Gasteiger partial charge >= 0.3 is 6.18 Å². The van der Waals surface area contributed by atoms with E-state index < -0.39 is 11.9 Å². The van der Waals surface area contributed by atoms with Crippen molar-refractivity contribution in [3.05, 3.63) is 36.5 Å². The van der Waals surface area contributed by atoms with E-state index >= 15 is 0 Å². The molecule has 28 heavy (non-hydrogen) atoms. The number of fused-ring (bicyclic) bond motifs is 1. The molecule has 0 saturated carbocycles. The monoisotopic (exact) mass is 390 g/mol. The van der Waals surface area contributed by atoms with Gasteiger partial charge in [-0.05, 0) is 24.8 Å². The van der Waals surface area contributed by atoms with Crippen molar-refractivity contribution in [3.8, 4) is 11.5 Å². The topological polar surface area (TPSA) is 76.3 Å². The summed E-state index contributed by atoms with van der Waals surface area (Å²) in [5.74, 6) is 1.24. The molecule has 4 heterocycles. The van der Waals surface area contributed by atoms with Crippen LogP contribution in [0.15, 0.2) is 30.9 Å². The molecular weight excluding hydrogens is 373 g/mol. The normalized spacial score (nSPS) is 17.8. The van der Waals surface area contributed by atoms with Crippen LogP contribution >= 0.6 is 0 Å².